The Balaban J connectivity index is 1.55. The Morgan fingerprint density at radius 2 is 2.07 bits per heavy atom. The third kappa shape index (κ3) is 3.66. The van der Waals surface area contributed by atoms with Gasteiger partial charge in [-0.25, -0.2) is 0 Å². The van der Waals surface area contributed by atoms with Crippen molar-refractivity contribution >= 4 is 16.8 Å². The summed E-state index contributed by atoms with van der Waals surface area (Å²) in [5, 5.41) is 0.730. The number of pyridine rings is 1. The van der Waals surface area contributed by atoms with E-state index in [0.29, 0.717) is 35.9 Å². The maximum atomic E-state index is 13.1. The summed E-state index contributed by atoms with van der Waals surface area (Å²) >= 11 is 0. The molecule has 1 aliphatic heterocycles. The number of hydrogen-bond donors (Lipinski definition) is 1. The highest BCUT2D eigenvalue weighted by Gasteiger charge is 2.27. The zero-order valence-electron chi connectivity index (χ0n) is 15.4. The van der Waals surface area contributed by atoms with Gasteiger partial charge in [-0.15, -0.1) is 0 Å². The smallest absolute Gasteiger partial charge is 0.254 e. The molecule has 1 aromatic carbocycles. The fourth-order valence-corrected chi connectivity index (χ4v) is 3.43. The van der Waals surface area contributed by atoms with Crippen LogP contribution >= 0.6 is 0 Å². The van der Waals surface area contributed by atoms with Crippen molar-refractivity contribution in [2.45, 2.75) is 18.9 Å². The Bertz CT molecular complexity index is 1070. The number of carbonyl (C=O) groups excluding carboxylic acids is 1. The van der Waals surface area contributed by atoms with Crippen LogP contribution in [-0.2, 0) is 0 Å². The van der Waals surface area contributed by atoms with Crippen LogP contribution in [0.25, 0.3) is 10.9 Å². The summed E-state index contributed by atoms with van der Waals surface area (Å²) in [5.74, 6) is 0.559. The summed E-state index contributed by atoms with van der Waals surface area (Å²) in [6.07, 6.45) is 4.43. The lowest BCUT2D eigenvalue weighted by molar-refractivity contribution is 0.0527. The number of hydrogen-bond acceptors (Lipinski definition) is 6. The first-order valence-corrected chi connectivity index (χ1v) is 9.08. The molecule has 1 N–H and O–H groups in total. The fraction of sp³-hybridized carbons (Fsp3) is 0.300. The van der Waals surface area contributed by atoms with Crippen molar-refractivity contribution in [2.24, 2.45) is 0 Å². The summed E-state index contributed by atoms with van der Waals surface area (Å²) in [6.45, 7) is 1.03. The average Bonchev–Trinajstić information content (AvgIpc) is 2.73. The summed E-state index contributed by atoms with van der Waals surface area (Å²) in [6, 6.07) is 8.66. The number of carbonyl (C=O) groups is 1. The van der Waals surface area contributed by atoms with Crippen molar-refractivity contribution in [3.8, 4) is 11.8 Å². The van der Waals surface area contributed by atoms with Crippen LogP contribution in [-0.4, -0.2) is 52.1 Å². The van der Waals surface area contributed by atoms with Gasteiger partial charge in [0.15, 0.2) is 0 Å². The predicted molar refractivity (Wildman–Crippen MR) is 103 cm³/mol. The molecule has 1 aliphatic rings. The lowest BCUT2D eigenvalue weighted by atomic mass is 10.0. The van der Waals surface area contributed by atoms with E-state index in [1.54, 1.807) is 11.0 Å². The molecule has 0 aliphatic carbocycles. The molecule has 3 aromatic rings. The Morgan fingerprint density at radius 3 is 2.93 bits per heavy atom. The van der Waals surface area contributed by atoms with Crippen molar-refractivity contribution in [1.82, 2.24) is 19.9 Å². The third-order valence-electron chi connectivity index (χ3n) is 4.73. The number of likely N-dealkylation sites (tertiary alicyclic amines) is 1. The number of amides is 1. The van der Waals surface area contributed by atoms with Gasteiger partial charge in [0.1, 0.15) is 6.10 Å². The summed E-state index contributed by atoms with van der Waals surface area (Å²) in [5.41, 5.74) is 0.759. The van der Waals surface area contributed by atoms with E-state index >= 15 is 0 Å². The molecule has 8 nitrogen and oxygen atoms in total. The second kappa shape index (κ2) is 7.67. The van der Waals surface area contributed by atoms with Crippen LogP contribution in [0.15, 0.2) is 47.5 Å². The quantitative estimate of drug-likeness (QED) is 0.744. The number of benzene rings is 1. The van der Waals surface area contributed by atoms with Crippen molar-refractivity contribution in [2.75, 3.05) is 20.2 Å². The van der Waals surface area contributed by atoms with Gasteiger partial charge in [0.05, 0.1) is 31.6 Å². The number of nitrogens with zero attached hydrogens (tertiary/aromatic N) is 3. The van der Waals surface area contributed by atoms with Gasteiger partial charge in [-0.3, -0.25) is 14.6 Å². The van der Waals surface area contributed by atoms with E-state index in [-0.39, 0.29) is 17.6 Å². The van der Waals surface area contributed by atoms with Gasteiger partial charge in [0.25, 0.3) is 5.91 Å². The number of piperidine rings is 1. The molecule has 1 fully saturated rings. The number of ether oxygens (including phenoxy) is 2. The molecule has 144 valence electrons. The summed E-state index contributed by atoms with van der Waals surface area (Å²) < 4.78 is 11.0. The summed E-state index contributed by atoms with van der Waals surface area (Å²) in [7, 11) is 1.51. The lowest BCUT2D eigenvalue weighted by Crippen LogP contribution is -2.44. The van der Waals surface area contributed by atoms with E-state index in [1.807, 2.05) is 18.2 Å². The average molecular weight is 380 g/mol. The van der Waals surface area contributed by atoms with Crippen LogP contribution in [0.5, 0.6) is 11.8 Å². The van der Waals surface area contributed by atoms with Gasteiger partial charge in [-0.1, -0.05) is 18.2 Å². The monoisotopic (exact) mass is 380 g/mol. The minimum Gasteiger partial charge on any atom is -0.480 e. The molecule has 0 spiro atoms. The number of nitrogens with one attached hydrogen (secondary N) is 1. The second-order valence-electron chi connectivity index (χ2n) is 6.63. The van der Waals surface area contributed by atoms with E-state index in [1.165, 1.54) is 25.6 Å². The first-order valence-electron chi connectivity index (χ1n) is 9.08. The minimum absolute atomic E-state index is 0.174. The highest BCUT2D eigenvalue weighted by Crippen LogP contribution is 2.22. The van der Waals surface area contributed by atoms with E-state index in [2.05, 4.69) is 15.0 Å². The third-order valence-corrected chi connectivity index (χ3v) is 4.73. The standard InChI is InChI=1S/C20H20N4O4/c1-27-18-10-21-11-19(23-18)28-13-5-4-8-24(12-13)20(26)15-9-17(25)22-16-7-3-2-6-14(15)16/h2-3,6-7,9-11,13H,4-5,8,12H2,1H3,(H,22,25). The largest absolute Gasteiger partial charge is 0.480 e. The van der Waals surface area contributed by atoms with Gasteiger partial charge in [-0.2, -0.15) is 4.98 Å². The Labute approximate surface area is 161 Å². The molecule has 1 unspecified atom stereocenters. The first-order chi connectivity index (χ1) is 13.6. The van der Waals surface area contributed by atoms with Crippen LogP contribution in [0.2, 0.25) is 0 Å². The molecule has 1 atom stereocenters. The van der Waals surface area contributed by atoms with Crippen LogP contribution in [0.4, 0.5) is 0 Å². The molecular formula is C20H20N4O4. The SMILES string of the molecule is COc1cncc(OC2CCCN(C(=O)c3cc(=O)[nH]c4ccccc34)C2)n1. The fourth-order valence-electron chi connectivity index (χ4n) is 3.43. The van der Waals surface area contributed by atoms with E-state index < -0.39 is 0 Å². The molecule has 8 heteroatoms. The molecule has 0 saturated carbocycles. The van der Waals surface area contributed by atoms with Crippen LogP contribution in [0, 0.1) is 0 Å². The molecule has 28 heavy (non-hydrogen) atoms. The maximum absolute atomic E-state index is 13.1. The van der Waals surface area contributed by atoms with Crippen LogP contribution in [0.3, 0.4) is 0 Å². The van der Waals surface area contributed by atoms with Crippen LogP contribution < -0.4 is 15.0 Å². The zero-order chi connectivity index (χ0) is 19.5. The molecule has 1 amide bonds. The molecular weight excluding hydrogens is 360 g/mol. The van der Waals surface area contributed by atoms with E-state index in [9.17, 15) is 9.59 Å². The Hall–Kier alpha value is -3.42. The van der Waals surface area contributed by atoms with Crippen molar-refractivity contribution in [1.29, 1.82) is 0 Å². The number of fused-ring (bicyclic) bond motifs is 1. The maximum Gasteiger partial charge on any atom is 0.254 e. The molecule has 0 bridgehead atoms. The van der Waals surface area contributed by atoms with Gasteiger partial charge < -0.3 is 19.4 Å². The minimum atomic E-state index is -0.293. The van der Waals surface area contributed by atoms with Gasteiger partial charge in [0.2, 0.25) is 17.3 Å². The van der Waals surface area contributed by atoms with Crippen molar-refractivity contribution in [3.63, 3.8) is 0 Å². The highest BCUT2D eigenvalue weighted by molar-refractivity contribution is 6.05. The Morgan fingerprint density at radius 1 is 1.25 bits per heavy atom. The number of methoxy groups -OCH3 is 1. The second-order valence-corrected chi connectivity index (χ2v) is 6.63. The van der Waals surface area contributed by atoms with Crippen molar-refractivity contribution in [3.05, 3.63) is 58.6 Å². The number of para-hydroxylation sites is 1. The number of aromatic amines is 1. The molecule has 3 heterocycles. The number of H-pyrrole nitrogens is 1. The number of rotatable bonds is 4. The lowest BCUT2D eigenvalue weighted by Gasteiger charge is -2.32. The molecule has 4 rings (SSSR count). The highest BCUT2D eigenvalue weighted by atomic mass is 16.5. The molecule has 1 saturated heterocycles. The first kappa shape index (κ1) is 18.0. The topological polar surface area (TPSA) is 97.4 Å². The van der Waals surface area contributed by atoms with E-state index in [4.69, 9.17) is 9.47 Å². The van der Waals surface area contributed by atoms with Crippen molar-refractivity contribution < 1.29 is 14.3 Å². The normalized spacial score (nSPS) is 16.8. The molecule has 0 radical (unpaired) electrons. The predicted octanol–water partition coefficient (Wildman–Crippen LogP) is 2.01. The van der Waals surface area contributed by atoms with Crippen LogP contribution in [0.1, 0.15) is 23.2 Å². The molecule has 2 aromatic heterocycles. The van der Waals surface area contributed by atoms with Gasteiger partial charge in [0, 0.05) is 23.5 Å². The van der Waals surface area contributed by atoms with Gasteiger partial charge in [-0.05, 0) is 18.9 Å². The Kier molecular flexibility index (Phi) is 4.92. The van der Waals surface area contributed by atoms with E-state index in [0.717, 1.165) is 18.2 Å². The zero-order valence-corrected chi connectivity index (χ0v) is 15.4. The number of aromatic nitrogens is 3. The van der Waals surface area contributed by atoms with Gasteiger partial charge >= 0.3 is 0 Å². The summed E-state index contributed by atoms with van der Waals surface area (Å²) in [4.78, 5) is 37.8.